The molecule has 1 amide bonds. The van der Waals surface area contributed by atoms with Crippen LogP contribution < -0.4 is 16.0 Å². The van der Waals surface area contributed by atoms with Crippen LogP contribution in [0.25, 0.3) is 0 Å². The van der Waals surface area contributed by atoms with Crippen molar-refractivity contribution >= 4 is 29.2 Å². The fraction of sp³-hybridized carbons (Fsp3) is 0.556. The summed E-state index contributed by atoms with van der Waals surface area (Å²) in [6.07, 6.45) is 3.23. The summed E-state index contributed by atoms with van der Waals surface area (Å²) in [6.45, 7) is 5.10. The fourth-order valence-electron chi connectivity index (χ4n) is 2.11. The molecule has 0 aliphatic carbocycles. The van der Waals surface area contributed by atoms with Gasteiger partial charge in [-0.3, -0.25) is 9.79 Å². The zero-order chi connectivity index (χ0) is 18.3. The van der Waals surface area contributed by atoms with Gasteiger partial charge in [0.2, 0.25) is 5.91 Å². The Hall–Kier alpha value is -1.79. The van der Waals surface area contributed by atoms with Gasteiger partial charge in [0.15, 0.2) is 5.96 Å². The highest BCUT2D eigenvalue weighted by Gasteiger charge is 2.03. The van der Waals surface area contributed by atoms with Crippen molar-refractivity contribution in [3.05, 3.63) is 29.3 Å². The summed E-state index contributed by atoms with van der Waals surface area (Å²) in [4.78, 5) is 16.0. The number of ether oxygens (including phenoxy) is 1. The molecular weight excluding hydrogens is 340 g/mol. The quantitative estimate of drug-likeness (QED) is 0.319. The van der Waals surface area contributed by atoms with Gasteiger partial charge in [-0.2, -0.15) is 0 Å². The Balaban J connectivity index is 2.09. The van der Waals surface area contributed by atoms with Gasteiger partial charge in [-0.25, -0.2) is 0 Å². The molecule has 7 heteroatoms. The first-order chi connectivity index (χ1) is 12.2. The Bertz CT molecular complexity index is 520. The number of benzene rings is 1. The molecule has 140 valence electrons. The lowest BCUT2D eigenvalue weighted by molar-refractivity contribution is -0.116. The van der Waals surface area contributed by atoms with Crippen molar-refractivity contribution < 1.29 is 9.53 Å². The van der Waals surface area contributed by atoms with E-state index in [9.17, 15) is 4.79 Å². The predicted octanol–water partition coefficient (Wildman–Crippen LogP) is 3.04. The van der Waals surface area contributed by atoms with Crippen molar-refractivity contribution in [3.63, 3.8) is 0 Å². The summed E-state index contributed by atoms with van der Waals surface area (Å²) in [7, 11) is 1.74. The van der Waals surface area contributed by atoms with Gasteiger partial charge in [0, 0.05) is 50.5 Å². The molecule has 0 bridgehead atoms. The number of nitrogens with one attached hydrogen (secondary N) is 3. The van der Waals surface area contributed by atoms with Crippen LogP contribution in [0.15, 0.2) is 29.3 Å². The molecule has 0 aliphatic rings. The van der Waals surface area contributed by atoms with Crippen LogP contribution in [0.3, 0.4) is 0 Å². The molecule has 0 saturated carbocycles. The molecule has 6 nitrogen and oxygen atoms in total. The molecule has 0 aliphatic heterocycles. The van der Waals surface area contributed by atoms with Crippen molar-refractivity contribution in [3.8, 4) is 0 Å². The van der Waals surface area contributed by atoms with Crippen molar-refractivity contribution in [1.82, 2.24) is 10.6 Å². The predicted molar refractivity (Wildman–Crippen MR) is 104 cm³/mol. The minimum absolute atomic E-state index is 0.0111. The van der Waals surface area contributed by atoms with Crippen LogP contribution in [0.1, 0.15) is 32.6 Å². The number of hydrogen-bond donors (Lipinski definition) is 3. The maximum absolute atomic E-state index is 11.9. The Labute approximate surface area is 155 Å². The average molecular weight is 369 g/mol. The lowest BCUT2D eigenvalue weighted by Gasteiger charge is -2.12. The summed E-state index contributed by atoms with van der Waals surface area (Å²) in [5.74, 6) is 0.748. The van der Waals surface area contributed by atoms with Crippen LogP contribution in [0.2, 0.25) is 5.02 Å². The van der Waals surface area contributed by atoms with E-state index >= 15 is 0 Å². The Morgan fingerprint density at radius 3 is 2.44 bits per heavy atom. The van der Waals surface area contributed by atoms with Gasteiger partial charge in [0.25, 0.3) is 0 Å². The highest BCUT2D eigenvalue weighted by Crippen LogP contribution is 2.13. The van der Waals surface area contributed by atoms with E-state index in [0.29, 0.717) is 18.0 Å². The van der Waals surface area contributed by atoms with Crippen LogP contribution in [0.5, 0.6) is 0 Å². The van der Waals surface area contributed by atoms with Crippen LogP contribution >= 0.6 is 11.6 Å². The number of hydrogen-bond acceptors (Lipinski definition) is 3. The standard InChI is InChI=1S/C18H29ClN4O2/c1-3-25-14-5-4-12-21-18(20-2)22-13-6-7-17(24)23-16-10-8-15(19)9-11-16/h8-11H,3-7,12-14H2,1-2H3,(H,23,24)(H2,20,21,22). The first-order valence-electron chi connectivity index (χ1n) is 8.73. The van der Waals surface area contributed by atoms with Gasteiger partial charge in [0.1, 0.15) is 0 Å². The maximum Gasteiger partial charge on any atom is 0.224 e. The van der Waals surface area contributed by atoms with Gasteiger partial charge < -0.3 is 20.7 Å². The zero-order valence-electron chi connectivity index (χ0n) is 15.1. The summed E-state index contributed by atoms with van der Waals surface area (Å²) in [5, 5.41) is 9.96. The van der Waals surface area contributed by atoms with Crippen LogP contribution in [0, 0.1) is 0 Å². The molecule has 0 atom stereocenters. The molecule has 0 fully saturated rings. The highest BCUT2D eigenvalue weighted by atomic mass is 35.5. The first-order valence-corrected chi connectivity index (χ1v) is 9.11. The Morgan fingerprint density at radius 2 is 1.80 bits per heavy atom. The first kappa shape index (κ1) is 21.3. The minimum Gasteiger partial charge on any atom is -0.382 e. The molecular formula is C18H29ClN4O2. The average Bonchev–Trinajstić information content (AvgIpc) is 2.61. The van der Waals surface area contributed by atoms with E-state index in [0.717, 1.165) is 50.7 Å². The number of aliphatic imine (C=N–C) groups is 1. The van der Waals surface area contributed by atoms with Gasteiger partial charge in [-0.05, 0) is 50.5 Å². The molecule has 1 aromatic carbocycles. The van der Waals surface area contributed by atoms with Gasteiger partial charge in [-0.1, -0.05) is 11.6 Å². The molecule has 0 unspecified atom stereocenters. The number of unbranched alkanes of at least 4 members (excludes halogenated alkanes) is 1. The van der Waals surface area contributed by atoms with Gasteiger partial charge >= 0.3 is 0 Å². The summed E-state index contributed by atoms with van der Waals surface area (Å²) < 4.78 is 5.30. The molecule has 1 aromatic rings. The van der Waals surface area contributed by atoms with E-state index in [4.69, 9.17) is 16.3 Å². The molecule has 1 rings (SSSR count). The third kappa shape index (κ3) is 10.6. The number of rotatable bonds is 11. The Kier molecular flexibility index (Phi) is 11.5. The Morgan fingerprint density at radius 1 is 1.12 bits per heavy atom. The number of anilines is 1. The SMILES string of the molecule is CCOCCCCNC(=NC)NCCCC(=O)Nc1ccc(Cl)cc1. The molecule has 0 radical (unpaired) electrons. The normalized spacial score (nSPS) is 11.2. The topological polar surface area (TPSA) is 74.8 Å². The van der Waals surface area contributed by atoms with Crippen LogP contribution in [-0.4, -0.2) is 45.2 Å². The highest BCUT2D eigenvalue weighted by molar-refractivity contribution is 6.30. The molecule has 0 heterocycles. The molecule has 3 N–H and O–H groups in total. The molecule has 0 saturated heterocycles. The third-order valence-electron chi connectivity index (χ3n) is 3.44. The second kappa shape index (κ2) is 13.5. The number of nitrogens with zero attached hydrogens (tertiary/aromatic N) is 1. The summed E-state index contributed by atoms with van der Waals surface area (Å²) in [5.41, 5.74) is 0.756. The summed E-state index contributed by atoms with van der Waals surface area (Å²) in [6, 6.07) is 7.08. The third-order valence-corrected chi connectivity index (χ3v) is 3.69. The van der Waals surface area contributed by atoms with E-state index in [1.807, 2.05) is 6.92 Å². The number of carbonyl (C=O) groups excluding carboxylic acids is 1. The number of guanidine groups is 1. The van der Waals surface area contributed by atoms with E-state index in [-0.39, 0.29) is 5.91 Å². The molecule has 0 spiro atoms. The molecule has 25 heavy (non-hydrogen) atoms. The smallest absolute Gasteiger partial charge is 0.224 e. The monoisotopic (exact) mass is 368 g/mol. The van der Waals surface area contributed by atoms with E-state index in [2.05, 4.69) is 20.9 Å². The largest absolute Gasteiger partial charge is 0.382 e. The van der Waals surface area contributed by atoms with Crippen molar-refractivity contribution in [2.45, 2.75) is 32.6 Å². The van der Waals surface area contributed by atoms with E-state index < -0.39 is 0 Å². The van der Waals surface area contributed by atoms with Crippen LogP contribution in [-0.2, 0) is 9.53 Å². The van der Waals surface area contributed by atoms with E-state index in [1.165, 1.54) is 0 Å². The number of halogens is 1. The second-order valence-electron chi connectivity index (χ2n) is 5.49. The van der Waals surface area contributed by atoms with E-state index in [1.54, 1.807) is 31.3 Å². The van der Waals surface area contributed by atoms with Crippen LogP contribution in [0.4, 0.5) is 5.69 Å². The minimum atomic E-state index is -0.0111. The van der Waals surface area contributed by atoms with Crippen molar-refractivity contribution in [2.75, 3.05) is 38.7 Å². The summed E-state index contributed by atoms with van der Waals surface area (Å²) >= 11 is 5.82. The lowest BCUT2D eigenvalue weighted by Crippen LogP contribution is -2.38. The second-order valence-corrected chi connectivity index (χ2v) is 5.92. The van der Waals surface area contributed by atoms with Gasteiger partial charge in [0.05, 0.1) is 0 Å². The number of carbonyl (C=O) groups is 1. The fourth-order valence-corrected chi connectivity index (χ4v) is 2.24. The zero-order valence-corrected chi connectivity index (χ0v) is 15.9. The maximum atomic E-state index is 11.9. The van der Waals surface area contributed by atoms with Crippen molar-refractivity contribution in [2.24, 2.45) is 4.99 Å². The van der Waals surface area contributed by atoms with Crippen molar-refractivity contribution in [1.29, 1.82) is 0 Å². The van der Waals surface area contributed by atoms with Gasteiger partial charge in [-0.15, -0.1) is 0 Å². The molecule has 0 aromatic heterocycles. The number of amides is 1. The lowest BCUT2D eigenvalue weighted by atomic mass is 10.2.